The van der Waals surface area contributed by atoms with Crippen LogP contribution in [0.1, 0.15) is 28.6 Å². The van der Waals surface area contributed by atoms with E-state index in [9.17, 15) is 9.59 Å². The molecular weight excluding hydrogens is 452 g/mol. The fourth-order valence-electron chi connectivity index (χ4n) is 3.40. The maximum absolute atomic E-state index is 12.7. The number of amides is 1. The molecule has 168 valence electrons. The Morgan fingerprint density at radius 1 is 1.09 bits per heavy atom. The highest BCUT2D eigenvalue weighted by molar-refractivity contribution is 8.27. The highest BCUT2D eigenvalue weighted by Crippen LogP contribution is 2.31. The Morgan fingerprint density at radius 3 is 2.59 bits per heavy atom. The fourth-order valence-corrected chi connectivity index (χ4v) is 4.30. The number of nitrogens with one attached hydrogen (secondary N) is 1. The van der Waals surface area contributed by atoms with Gasteiger partial charge in [0.25, 0.3) is 5.91 Å². The van der Waals surface area contributed by atoms with Crippen molar-refractivity contribution in [1.82, 2.24) is 5.01 Å². The standard InChI is InChI=1S/C25H18N4O4S/c1-2-32-24(31)17-10-8-15(9-11-17)20-13-12-18(33-20)14-19-21(26)29-25(27-22(19)30)34-23(28-29)16-6-4-3-5-7-16/h3-14,26H,2H2,1H3. The molecule has 1 aromatic heterocycles. The lowest BCUT2D eigenvalue weighted by molar-refractivity contribution is -0.114. The summed E-state index contributed by atoms with van der Waals surface area (Å²) < 4.78 is 10.9. The molecule has 3 heterocycles. The van der Waals surface area contributed by atoms with Gasteiger partial charge in [0.05, 0.1) is 17.7 Å². The van der Waals surface area contributed by atoms with Gasteiger partial charge in [-0.15, -0.1) is 0 Å². The van der Waals surface area contributed by atoms with Crippen molar-refractivity contribution in [3.8, 4) is 11.3 Å². The normalized spacial score (nSPS) is 16.4. The summed E-state index contributed by atoms with van der Waals surface area (Å²) >= 11 is 1.25. The molecule has 5 rings (SSSR count). The number of hydrazone groups is 1. The summed E-state index contributed by atoms with van der Waals surface area (Å²) in [5, 5.41) is 15.4. The number of carbonyl (C=O) groups is 2. The number of benzene rings is 2. The van der Waals surface area contributed by atoms with Gasteiger partial charge in [0.2, 0.25) is 5.17 Å². The first-order valence-electron chi connectivity index (χ1n) is 10.5. The minimum atomic E-state index is -0.523. The van der Waals surface area contributed by atoms with E-state index < -0.39 is 5.91 Å². The summed E-state index contributed by atoms with van der Waals surface area (Å²) in [5.41, 5.74) is 2.19. The molecule has 9 heteroatoms. The van der Waals surface area contributed by atoms with Crippen molar-refractivity contribution in [2.45, 2.75) is 6.92 Å². The summed E-state index contributed by atoms with van der Waals surface area (Å²) in [7, 11) is 0. The molecule has 0 unspecified atom stereocenters. The zero-order chi connectivity index (χ0) is 23.7. The first-order chi connectivity index (χ1) is 16.5. The van der Waals surface area contributed by atoms with Crippen LogP contribution in [0.2, 0.25) is 0 Å². The third-order valence-electron chi connectivity index (χ3n) is 5.07. The van der Waals surface area contributed by atoms with Gasteiger partial charge in [0.1, 0.15) is 16.6 Å². The highest BCUT2D eigenvalue weighted by atomic mass is 32.2. The number of carbonyl (C=O) groups excluding carboxylic acids is 2. The second kappa shape index (κ2) is 8.95. The van der Waals surface area contributed by atoms with Gasteiger partial charge in [-0.2, -0.15) is 15.1 Å². The van der Waals surface area contributed by atoms with E-state index in [-0.39, 0.29) is 17.4 Å². The van der Waals surface area contributed by atoms with E-state index in [2.05, 4.69) is 10.1 Å². The number of amidine groups is 2. The number of nitrogens with zero attached hydrogens (tertiary/aromatic N) is 3. The smallest absolute Gasteiger partial charge is 0.338 e. The molecule has 8 nitrogen and oxygen atoms in total. The topological polar surface area (TPSA) is 108 Å². The van der Waals surface area contributed by atoms with Gasteiger partial charge in [-0.25, -0.2) is 4.79 Å². The zero-order valence-corrected chi connectivity index (χ0v) is 18.8. The van der Waals surface area contributed by atoms with Crippen molar-refractivity contribution in [1.29, 1.82) is 5.41 Å². The summed E-state index contributed by atoms with van der Waals surface area (Å²) in [6, 6.07) is 19.8. The van der Waals surface area contributed by atoms with E-state index in [4.69, 9.17) is 14.6 Å². The zero-order valence-electron chi connectivity index (χ0n) is 18.0. The lowest BCUT2D eigenvalue weighted by Gasteiger charge is -2.19. The van der Waals surface area contributed by atoms with Crippen LogP contribution in [0.3, 0.4) is 0 Å². The predicted octanol–water partition coefficient (Wildman–Crippen LogP) is 4.79. The predicted molar refractivity (Wildman–Crippen MR) is 131 cm³/mol. The third-order valence-corrected chi connectivity index (χ3v) is 6.03. The van der Waals surface area contributed by atoms with Crippen LogP contribution in [0.5, 0.6) is 0 Å². The molecule has 0 atom stereocenters. The molecule has 0 bridgehead atoms. The Hall–Kier alpha value is -4.24. The van der Waals surface area contributed by atoms with E-state index in [0.29, 0.717) is 33.9 Å². The van der Waals surface area contributed by atoms with E-state index in [1.165, 1.54) is 22.8 Å². The van der Waals surface area contributed by atoms with E-state index >= 15 is 0 Å². The van der Waals surface area contributed by atoms with Crippen molar-refractivity contribution in [3.63, 3.8) is 0 Å². The van der Waals surface area contributed by atoms with Gasteiger partial charge >= 0.3 is 5.97 Å². The Morgan fingerprint density at radius 2 is 1.85 bits per heavy atom. The van der Waals surface area contributed by atoms with Crippen molar-refractivity contribution in [2.75, 3.05) is 6.61 Å². The van der Waals surface area contributed by atoms with Crippen molar-refractivity contribution in [2.24, 2.45) is 10.1 Å². The number of aliphatic imine (C=N–C) groups is 1. The molecule has 1 N–H and O–H groups in total. The molecule has 0 aliphatic carbocycles. The number of thioether (sulfide) groups is 1. The SMILES string of the molecule is CCOC(=O)c1ccc(-c2ccc(C=C3C(=N)N4N=C(c5ccccc5)SC4=NC3=O)o2)cc1. The number of hydrogen-bond acceptors (Lipinski definition) is 7. The van der Waals surface area contributed by atoms with Gasteiger partial charge in [-0.1, -0.05) is 42.5 Å². The lowest BCUT2D eigenvalue weighted by atomic mass is 10.1. The molecule has 0 saturated carbocycles. The first kappa shape index (κ1) is 21.6. The Bertz CT molecular complexity index is 1390. The molecule has 2 aliphatic heterocycles. The minimum Gasteiger partial charge on any atom is -0.462 e. The number of furan rings is 1. The van der Waals surface area contributed by atoms with Crippen LogP contribution in [0.4, 0.5) is 0 Å². The number of fused-ring (bicyclic) bond motifs is 1. The first-order valence-corrected chi connectivity index (χ1v) is 11.3. The number of rotatable bonds is 5. The van der Waals surface area contributed by atoms with Crippen LogP contribution < -0.4 is 0 Å². The summed E-state index contributed by atoms with van der Waals surface area (Å²) in [6.07, 6.45) is 1.49. The Kier molecular flexibility index (Phi) is 5.69. The van der Waals surface area contributed by atoms with Crippen LogP contribution in [0, 0.1) is 5.41 Å². The van der Waals surface area contributed by atoms with E-state index in [0.717, 1.165) is 11.1 Å². The number of hydrogen-bond donors (Lipinski definition) is 1. The van der Waals surface area contributed by atoms with Crippen LogP contribution in [-0.4, -0.2) is 39.5 Å². The van der Waals surface area contributed by atoms with E-state index in [1.54, 1.807) is 43.3 Å². The Labute approximate surface area is 199 Å². The third kappa shape index (κ3) is 4.08. The van der Waals surface area contributed by atoms with Gasteiger partial charge in [-0.05, 0) is 49.0 Å². The molecule has 0 saturated heterocycles. The van der Waals surface area contributed by atoms with Gasteiger partial charge in [0.15, 0.2) is 5.84 Å². The monoisotopic (exact) mass is 470 g/mol. The number of ether oxygens (including phenoxy) is 1. The van der Waals surface area contributed by atoms with Crippen LogP contribution in [-0.2, 0) is 9.53 Å². The molecule has 0 spiro atoms. The molecule has 34 heavy (non-hydrogen) atoms. The minimum absolute atomic E-state index is 0.0647. The molecule has 0 fully saturated rings. The lowest BCUT2D eigenvalue weighted by Crippen LogP contribution is -2.35. The van der Waals surface area contributed by atoms with Crippen molar-refractivity contribution < 1.29 is 18.7 Å². The Balaban J connectivity index is 1.38. The van der Waals surface area contributed by atoms with Crippen LogP contribution >= 0.6 is 11.8 Å². The second-order valence-electron chi connectivity index (χ2n) is 7.29. The summed E-state index contributed by atoms with van der Waals surface area (Å²) in [5.74, 6) is -0.0147. The van der Waals surface area contributed by atoms with Crippen molar-refractivity contribution >= 4 is 45.8 Å². The van der Waals surface area contributed by atoms with Crippen LogP contribution in [0.25, 0.3) is 17.4 Å². The van der Waals surface area contributed by atoms with Gasteiger partial charge < -0.3 is 9.15 Å². The van der Waals surface area contributed by atoms with Crippen molar-refractivity contribution in [3.05, 3.63) is 89.2 Å². The quantitative estimate of drug-likeness (QED) is 0.424. The maximum atomic E-state index is 12.7. The average Bonchev–Trinajstić information content (AvgIpc) is 3.50. The molecule has 0 radical (unpaired) electrons. The van der Waals surface area contributed by atoms with Gasteiger partial charge in [0, 0.05) is 11.1 Å². The number of esters is 1. The fraction of sp³-hybridized carbons (Fsp3) is 0.0800. The van der Waals surface area contributed by atoms with E-state index in [1.807, 2.05) is 30.3 Å². The molecule has 2 aliphatic rings. The van der Waals surface area contributed by atoms with Crippen LogP contribution in [0.15, 0.2) is 86.8 Å². The molecular formula is C25H18N4O4S. The summed E-state index contributed by atoms with van der Waals surface area (Å²) in [4.78, 5) is 28.6. The maximum Gasteiger partial charge on any atom is 0.338 e. The highest BCUT2D eigenvalue weighted by Gasteiger charge is 2.36. The average molecular weight is 471 g/mol. The van der Waals surface area contributed by atoms with Gasteiger partial charge in [-0.3, -0.25) is 10.2 Å². The largest absolute Gasteiger partial charge is 0.462 e. The molecule has 3 aromatic rings. The molecule has 1 amide bonds. The second-order valence-corrected chi connectivity index (χ2v) is 8.25. The molecule has 2 aromatic carbocycles. The summed E-state index contributed by atoms with van der Waals surface area (Å²) in [6.45, 7) is 2.07.